The Balaban J connectivity index is 2.27. The van der Waals surface area contributed by atoms with Crippen LogP contribution in [0.15, 0.2) is 36.4 Å². The highest BCUT2D eigenvalue weighted by Crippen LogP contribution is 2.36. The van der Waals surface area contributed by atoms with E-state index < -0.39 is 7.14 Å². The second kappa shape index (κ2) is 4.72. The SMILES string of the molecule is CP(C)c1ccc2c(c1)[nH]c1cc(P(C)(C)=O)ccc12. The standard InChI is InChI=1S/C16H19NOP2/c1-19(2)11-5-7-13-14-8-6-12(20(3,4)18)10-16(14)17-15(13)9-11/h5-10,17H,1-4H3. The molecule has 0 aliphatic rings. The number of H-pyrrole nitrogens is 1. The van der Waals surface area contributed by atoms with Crippen LogP contribution < -0.4 is 10.6 Å². The summed E-state index contributed by atoms with van der Waals surface area (Å²) in [7, 11) is -2.29. The quantitative estimate of drug-likeness (QED) is 0.715. The minimum absolute atomic E-state index is 0.0874. The van der Waals surface area contributed by atoms with Gasteiger partial charge in [-0.2, -0.15) is 0 Å². The minimum Gasteiger partial charge on any atom is -0.354 e. The lowest BCUT2D eigenvalue weighted by Gasteiger charge is -2.06. The van der Waals surface area contributed by atoms with Gasteiger partial charge in [0.2, 0.25) is 0 Å². The monoisotopic (exact) mass is 303 g/mol. The van der Waals surface area contributed by atoms with Crippen molar-refractivity contribution in [2.75, 3.05) is 26.7 Å². The lowest BCUT2D eigenvalue weighted by atomic mass is 10.1. The summed E-state index contributed by atoms with van der Waals surface area (Å²) in [5.41, 5.74) is 2.25. The van der Waals surface area contributed by atoms with Crippen LogP contribution in [0.2, 0.25) is 0 Å². The number of nitrogens with one attached hydrogen (secondary N) is 1. The molecular weight excluding hydrogens is 284 g/mol. The van der Waals surface area contributed by atoms with Crippen molar-refractivity contribution in [3.05, 3.63) is 36.4 Å². The molecule has 0 bridgehead atoms. The van der Waals surface area contributed by atoms with Crippen LogP contribution in [-0.2, 0) is 4.57 Å². The summed E-state index contributed by atoms with van der Waals surface area (Å²) in [6.07, 6.45) is 0. The first-order valence-corrected chi connectivity index (χ1v) is 11.5. The average Bonchev–Trinajstić information content (AvgIpc) is 2.73. The van der Waals surface area contributed by atoms with Gasteiger partial charge in [-0.3, -0.25) is 0 Å². The van der Waals surface area contributed by atoms with Crippen molar-refractivity contribution < 1.29 is 4.57 Å². The molecule has 0 fully saturated rings. The highest BCUT2D eigenvalue weighted by atomic mass is 31.2. The molecular formula is C16H19NOP2. The molecule has 104 valence electrons. The fraction of sp³-hybridized carbons (Fsp3) is 0.250. The zero-order chi connectivity index (χ0) is 14.5. The number of fused-ring (bicyclic) bond motifs is 3. The van der Waals surface area contributed by atoms with Crippen LogP contribution in [0, 0.1) is 0 Å². The van der Waals surface area contributed by atoms with E-state index >= 15 is 0 Å². The number of benzene rings is 2. The first-order chi connectivity index (χ1) is 9.36. The first kappa shape index (κ1) is 13.9. The molecule has 4 heteroatoms. The normalized spacial score (nSPS) is 12.7. The van der Waals surface area contributed by atoms with E-state index in [-0.39, 0.29) is 7.92 Å². The third-order valence-corrected chi connectivity index (χ3v) is 6.54. The van der Waals surface area contributed by atoms with E-state index in [1.54, 1.807) is 0 Å². The topological polar surface area (TPSA) is 32.9 Å². The van der Waals surface area contributed by atoms with E-state index in [1.807, 2.05) is 25.5 Å². The van der Waals surface area contributed by atoms with E-state index in [0.717, 1.165) is 10.8 Å². The third-order valence-electron chi connectivity index (χ3n) is 3.70. The summed E-state index contributed by atoms with van der Waals surface area (Å²) in [4.78, 5) is 3.47. The summed E-state index contributed by atoms with van der Waals surface area (Å²) in [6, 6.07) is 12.8. The number of hydrogen-bond donors (Lipinski definition) is 1. The van der Waals surface area contributed by atoms with Crippen molar-refractivity contribution in [1.29, 1.82) is 0 Å². The second-order valence-electron chi connectivity index (χ2n) is 5.83. The summed E-state index contributed by atoms with van der Waals surface area (Å²) < 4.78 is 12.2. The molecule has 1 aromatic heterocycles. The van der Waals surface area contributed by atoms with E-state index in [4.69, 9.17) is 0 Å². The molecule has 1 heterocycles. The maximum absolute atomic E-state index is 12.2. The summed E-state index contributed by atoms with van der Waals surface area (Å²) in [5.74, 6) is 0. The number of rotatable bonds is 2. The van der Waals surface area contributed by atoms with Gasteiger partial charge in [0.15, 0.2) is 0 Å². The van der Waals surface area contributed by atoms with Crippen molar-refractivity contribution in [1.82, 2.24) is 4.98 Å². The Morgan fingerprint density at radius 2 is 1.55 bits per heavy atom. The second-order valence-corrected chi connectivity index (χ2v) is 11.4. The van der Waals surface area contributed by atoms with Gasteiger partial charge in [-0.25, -0.2) is 0 Å². The van der Waals surface area contributed by atoms with Crippen molar-refractivity contribution in [3.63, 3.8) is 0 Å². The van der Waals surface area contributed by atoms with Gasteiger partial charge in [0.25, 0.3) is 0 Å². The highest BCUT2D eigenvalue weighted by molar-refractivity contribution is 7.70. The fourth-order valence-electron chi connectivity index (χ4n) is 2.50. The predicted octanol–water partition coefficient (Wildman–Crippen LogP) is 3.94. The van der Waals surface area contributed by atoms with Gasteiger partial charge in [0, 0.05) is 27.1 Å². The third kappa shape index (κ3) is 2.32. The van der Waals surface area contributed by atoms with Crippen LogP contribution in [0.3, 0.4) is 0 Å². The predicted molar refractivity (Wildman–Crippen MR) is 93.3 cm³/mol. The Morgan fingerprint density at radius 1 is 0.950 bits per heavy atom. The van der Waals surface area contributed by atoms with E-state index in [9.17, 15) is 4.57 Å². The number of aromatic amines is 1. The van der Waals surface area contributed by atoms with Crippen molar-refractivity contribution in [3.8, 4) is 0 Å². The van der Waals surface area contributed by atoms with Crippen molar-refractivity contribution in [2.24, 2.45) is 0 Å². The van der Waals surface area contributed by atoms with Crippen LogP contribution in [0.1, 0.15) is 0 Å². The van der Waals surface area contributed by atoms with Gasteiger partial charge >= 0.3 is 0 Å². The van der Waals surface area contributed by atoms with Gasteiger partial charge in [0.05, 0.1) is 0 Å². The smallest absolute Gasteiger partial charge is 0.109 e. The summed E-state index contributed by atoms with van der Waals surface area (Å²) in [6.45, 7) is 8.16. The molecule has 0 aliphatic carbocycles. The summed E-state index contributed by atoms with van der Waals surface area (Å²) in [5, 5.41) is 4.79. The Hall–Kier alpha value is -1.10. The Morgan fingerprint density at radius 3 is 2.15 bits per heavy atom. The van der Waals surface area contributed by atoms with E-state index in [2.05, 4.69) is 42.6 Å². The molecule has 0 saturated heterocycles. The molecule has 20 heavy (non-hydrogen) atoms. The lowest BCUT2D eigenvalue weighted by Crippen LogP contribution is -2.01. The van der Waals surface area contributed by atoms with Gasteiger partial charge in [-0.1, -0.05) is 32.2 Å². The largest absolute Gasteiger partial charge is 0.354 e. The molecule has 0 unspecified atom stereocenters. The molecule has 3 aromatic rings. The Kier molecular flexibility index (Phi) is 3.27. The number of aromatic nitrogens is 1. The van der Waals surface area contributed by atoms with Gasteiger partial charge in [-0.15, -0.1) is 0 Å². The Bertz CT molecular complexity index is 842. The average molecular weight is 303 g/mol. The molecule has 2 nitrogen and oxygen atoms in total. The molecule has 0 radical (unpaired) electrons. The molecule has 0 atom stereocenters. The first-order valence-electron chi connectivity index (χ1n) is 6.64. The lowest BCUT2D eigenvalue weighted by molar-refractivity contribution is 0.588. The van der Waals surface area contributed by atoms with Crippen molar-refractivity contribution >= 4 is 47.5 Å². The molecule has 3 rings (SSSR count). The molecule has 0 saturated carbocycles. The minimum atomic E-state index is -2.21. The maximum Gasteiger partial charge on any atom is 0.109 e. The van der Waals surface area contributed by atoms with Crippen LogP contribution in [0.5, 0.6) is 0 Å². The van der Waals surface area contributed by atoms with Gasteiger partial charge in [-0.05, 0) is 44.1 Å². The maximum atomic E-state index is 12.2. The zero-order valence-electron chi connectivity index (χ0n) is 12.3. The molecule has 0 aliphatic heterocycles. The van der Waals surface area contributed by atoms with E-state index in [0.29, 0.717) is 0 Å². The van der Waals surface area contributed by atoms with Crippen molar-refractivity contribution in [2.45, 2.75) is 0 Å². The van der Waals surface area contributed by atoms with Crippen LogP contribution in [-0.4, -0.2) is 31.6 Å². The molecule has 0 amide bonds. The van der Waals surface area contributed by atoms with Gasteiger partial charge < -0.3 is 9.55 Å². The molecule has 2 aromatic carbocycles. The van der Waals surface area contributed by atoms with Gasteiger partial charge in [0.1, 0.15) is 7.14 Å². The highest BCUT2D eigenvalue weighted by Gasteiger charge is 2.13. The number of hydrogen-bond acceptors (Lipinski definition) is 1. The fourth-order valence-corrected chi connectivity index (χ4v) is 4.13. The zero-order valence-corrected chi connectivity index (χ0v) is 14.1. The summed E-state index contributed by atoms with van der Waals surface area (Å²) >= 11 is 0. The molecule has 0 spiro atoms. The van der Waals surface area contributed by atoms with Crippen LogP contribution in [0.25, 0.3) is 21.8 Å². The van der Waals surface area contributed by atoms with Crippen LogP contribution >= 0.6 is 15.1 Å². The molecule has 1 N–H and O–H groups in total. The van der Waals surface area contributed by atoms with E-state index in [1.165, 1.54) is 21.6 Å². The van der Waals surface area contributed by atoms with Crippen LogP contribution in [0.4, 0.5) is 0 Å². The Labute approximate surface area is 120 Å².